The van der Waals surface area contributed by atoms with Crippen molar-refractivity contribution in [1.29, 1.82) is 0 Å². The number of benzene rings is 1. The minimum Gasteiger partial charge on any atom is -0.327 e. The van der Waals surface area contributed by atoms with Gasteiger partial charge < -0.3 is 10.6 Å². The van der Waals surface area contributed by atoms with Crippen molar-refractivity contribution in [3.05, 3.63) is 34.3 Å². The van der Waals surface area contributed by atoms with Crippen LogP contribution in [0.25, 0.3) is 0 Å². The molecule has 2 nitrogen and oxygen atoms in total. The molecule has 0 amide bonds. The lowest BCUT2D eigenvalue weighted by molar-refractivity contribution is 0.178. The van der Waals surface area contributed by atoms with E-state index in [-0.39, 0.29) is 11.5 Å². The van der Waals surface area contributed by atoms with Gasteiger partial charge in [-0.25, -0.2) is 0 Å². The Morgan fingerprint density at radius 3 is 2.29 bits per heavy atom. The fraction of sp³-hybridized carbons (Fsp3) is 0.571. The summed E-state index contributed by atoms with van der Waals surface area (Å²) in [6, 6.07) is 8.67. The lowest BCUT2D eigenvalue weighted by Gasteiger charge is -2.33. The molecule has 1 aromatic rings. The van der Waals surface area contributed by atoms with E-state index in [1.54, 1.807) is 0 Å². The molecule has 0 aliphatic carbocycles. The van der Waals surface area contributed by atoms with Gasteiger partial charge in [0.25, 0.3) is 0 Å². The topological polar surface area (TPSA) is 29.3 Å². The largest absolute Gasteiger partial charge is 0.327 e. The fourth-order valence-electron chi connectivity index (χ4n) is 1.80. The summed E-state index contributed by atoms with van der Waals surface area (Å²) in [6.45, 7) is 8.48. The number of rotatable bonds is 5. The Hall–Kier alpha value is -0.380. The van der Waals surface area contributed by atoms with Gasteiger partial charge >= 0.3 is 0 Å². The normalized spacial score (nSPS) is 14.1. The first-order chi connectivity index (χ1) is 7.81. The highest BCUT2D eigenvalue weighted by atomic mass is 79.9. The predicted octanol–water partition coefficient (Wildman–Crippen LogP) is 3.25. The third-order valence-electron chi connectivity index (χ3n) is 3.28. The first-order valence-electron chi connectivity index (χ1n) is 6.00. The Balaban J connectivity index is 2.55. The zero-order valence-electron chi connectivity index (χ0n) is 11.2. The molecule has 0 fully saturated rings. The molecule has 0 spiro atoms. The molecule has 96 valence electrons. The maximum atomic E-state index is 6.00. The molecule has 0 saturated carbocycles. The summed E-state index contributed by atoms with van der Waals surface area (Å²) in [5.74, 6) is 0. The minimum atomic E-state index is 0.143. The van der Waals surface area contributed by atoms with Crippen LogP contribution in [-0.2, 0) is 6.54 Å². The molecule has 0 aromatic heterocycles. The van der Waals surface area contributed by atoms with Gasteiger partial charge in [0.2, 0.25) is 0 Å². The highest BCUT2D eigenvalue weighted by Crippen LogP contribution is 2.21. The van der Waals surface area contributed by atoms with Gasteiger partial charge in [0, 0.05) is 23.6 Å². The minimum absolute atomic E-state index is 0.143. The van der Waals surface area contributed by atoms with Crippen LogP contribution in [-0.4, -0.2) is 24.5 Å². The third kappa shape index (κ3) is 4.78. The molecule has 0 radical (unpaired) electrons. The van der Waals surface area contributed by atoms with Crippen molar-refractivity contribution in [2.24, 2.45) is 11.1 Å². The Morgan fingerprint density at radius 1 is 1.29 bits per heavy atom. The molecule has 0 bridgehead atoms. The summed E-state index contributed by atoms with van der Waals surface area (Å²) in [7, 11) is 2.15. The zero-order chi connectivity index (χ0) is 13.1. The van der Waals surface area contributed by atoms with Crippen molar-refractivity contribution in [3.63, 3.8) is 0 Å². The van der Waals surface area contributed by atoms with E-state index in [1.165, 1.54) is 5.56 Å². The zero-order valence-corrected chi connectivity index (χ0v) is 12.8. The lowest BCUT2D eigenvalue weighted by Crippen LogP contribution is -2.42. The Bertz CT molecular complexity index is 344. The Labute approximate surface area is 113 Å². The first kappa shape index (κ1) is 14.7. The number of nitrogens with zero attached hydrogens (tertiary/aromatic N) is 1. The highest BCUT2D eigenvalue weighted by molar-refractivity contribution is 9.10. The quantitative estimate of drug-likeness (QED) is 0.904. The first-order valence-corrected chi connectivity index (χ1v) is 6.79. The van der Waals surface area contributed by atoms with Crippen LogP contribution in [0.3, 0.4) is 0 Å². The van der Waals surface area contributed by atoms with E-state index in [0.717, 1.165) is 17.6 Å². The molecule has 1 unspecified atom stereocenters. The highest BCUT2D eigenvalue weighted by Gasteiger charge is 2.24. The maximum Gasteiger partial charge on any atom is 0.0230 e. The molecular weight excluding hydrogens is 276 g/mol. The van der Waals surface area contributed by atoms with Crippen LogP contribution in [0.1, 0.15) is 26.3 Å². The van der Waals surface area contributed by atoms with Crippen LogP contribution in [0.15, 0.2) is 28.7 Å². The van der Waals surface area contributed by atoms with Crippen LogP contribution in [0.2, 0.25) is 0 Å². The molecule has 0 heterocycles. The van der Waals surface area contributed by atoms with Gasteiger partial charge in [-0.15, -0.1) is 0 Å². The molecule has 17 heavy (non-hydrogen) atoms. The second kappa shape index (κ2) is 5.98. The van der Waals surface area contributed by atoms with Crippen LogP contribution in [0.5, 0.6) is 0 Å². The van der Waals surface area contributed by atoms with Crippen molar-refractivity contribution >= 4 is 15.9 Å². The van der Waals surface area contributed by atoms with Crippen LogP contribution in [0, 0.1) is 5.41 Å². The summed E-state index contributed by atoms with van der Waals surface area (Å²) < 4.78 is 1.12. The summed E-state index contributed by atoms with van der Waals surface area (Å²) in [6.07, 6.45) is 0. The Kier molecular flexibility index (Phi) is 5.17. The van der Waals surface area contributed by atoms with E-state index >= 15 is 0 Å². The number of hydrogen-bond acceptors (Lipinski definition) is 2. The predicted molar refractivity (Wildman–Crippen MR) is 77.9 cm³/mol. The molecule has 2 N–H and O–H groups in total. The van der Waals surface area contributed by atoms with Gasteiger partial charge in [0.15, 0.2) is 0 Å². The molecule has 1 rings (SSSR count). The SMILES string of the molecule is CC(N)C(C)(C)CN(C)Cc1ccc(Br)cc1. The van der Waals surface area contributed by atoms with E-state index in [9.17, 15) is 0 Å². The summed E-state index contributed by atoms with van der Waals surface area (Å²) >= 11 is 3.45. The summed E-state index contributed by atoms with van der Waals surface area (Å²) in [4.78, 5) is 2.33. The lowest BCUT2D eigenvalue weighted by atomic mass is 9.85. The smallest absolute Gasteiger partial charge is 0.0230 e. The molecule has 0 aliphatic rings. The van der Waals surface area contributed by atoms with E-state index < -0.39 is 0 Å². The van der Waals surface area contributed by atoms with E-state index in [0.29, 0.717) is 0 Å². The van der Waals surface area contributed by atoms with Crippen molar-refractivity contribution in [2.45, 2.75) is 33.4 Å². The third-order valence-corrected chi connectivity index (χ3v) is 3.80. The summed E-state index contributed by atoms with van der Waals surface area (Å²) in [5.41, 5.74) is 7.47. The average molecular weight is 299 g/mol. The summed E-state index contributed by atoms with van der Waals surface area (Å²) in [5, 5.41) is 0. The van der Waals surface area contributed by atoms with E-state index in [4.69, 9.17) is 5.73 Å². The van der Waals surface area contributed by atoms with Crippen LogP contribution >= 0.6 is 15.9 Å². The van der Waals surface area contributed by atoms with Gasteiger partial charge in [-0.05, 0) is 37.1 Å². The van der Waals surface area contributed by atoms with Crippen molar-refractivity contribution in [3.8, 4) is 0 Å². The average Bonchev–Trinajstić information content (AvgIpc) is 2.20. The molecule has 1 atom stereocenters. The van der Waals surface area contributed by atoms with Crippen molar-refractivity contribution < 1.29 is 0 Å². The number of halogens is 1. The number of nitrogens with two attached hydrogens (primary N) is 1. The van der Waals surface area contributed by atoms with Gasteiger partial charge in [-0.1, -0.05) is 41.9 Å². The van der Waals surface area contributed by atoms with Gasteiger partial charge in [0.05, 0.1) is 0 Å². The standard InChI is InChI=1S/C14H23BrN2/c1-11(16)14(2,3)10-17(4)9-12-5-7-13(15)8-6-12/h5-8,11H,9-10,16H2,1-4H3. The van der Waals surface area contributed by atoms with E-state index in [1.807, 2.05) is 0 Å². The second-order valence-corrected chi connectivity index (χ2v) is 6.49. The Morgan fingerprint density at radius 2 is 1.82 bits per heavy atom. The fourth-order valence-corrected chi connectivity index (χ4v) is 2.06. The van der Waals surface area contributed by atoms with Crippen LogP contribution < -0.4 is 5.73 Å². The van der Waals surface area contributed by atoms with Crippen LogP contribution in [0.4, 0.5) is 0 Å². The molecule has 3 heteroatoms. The second-order valence-electron chi connectivity index (χ2n) is 5.58. The van der Waals surface area contributed by atoms with Gasteiger partial charge in [-0.3, -0.25) is 0 Å². The molecule has 0 saturated heterocycles. The van der Waals surface area contributed by atoms with E-state index in [2.05, 4.69) is 72.9 Å². The van der Waals surface area contributed by atoms with Gasteiger partial charge in [-0.2, -0.15) is 0 Å². The van der Waals surface area contributed by atoms with Gasteiger partial charge in [0.1, 0.15) is 0 Å². The molecular formula is C14H23BrN2. The van der Waals surface area contributed by atoms with Crippen molar-refractivity contribution in [2.75, 3.05) is 13.6 Å². The maximum absolute atomic E-state index is 6.00. The monoisotopic (exact) mass is 298 g/mol. The van der Waals surface area contributed by atoms with Crippen molar-refractivity contribution in [1.82, 2.24) is 4.90 Å². The number of hydrogen-bond donors (Lipinski definition) is 1. The molecule has 1 aromatic carbocycles. The molecule has 0 aliphatic heterocycles.